The minimum Gasteiger partial charge on any atom is -0.290 e. The van der Waals surface area contributed by atoms with E-state index in [1.807, 2.05) is 6.07 Å². The van der Waals surface area contributed by atoms with Gasteiger partial charge in [-0.05, 0) is 6.07 Å². The fourth-order valence-electron chi connectivity index (χ4n) is 0.661. The van der Waals surface area contributed by atoms with Crippen LogP contribution < -0.4 is 0 Å². The van der Waals surface area contributed by atoms with Crippen LogP contribution in [0.15, 0.2) is 24.3 Å². The average Bonchev–Trinajstić information content (AvgIpc) is 1.88. The fraction of sp³-hybridized carbons (Fsp3) is 0.143. The molecule has 0 N–H and O–H groups in total. The third-order valence-corrected chi connectivity index (χ3v) is 2.14. The van der Waals surface area contributed by atoms with Crippen LogP contribution in [0.25, 0.3) is 0 Å². The number of halogens is 2. The van der Waals surface area contributed by atoms with Crippen LogP contribution in [0.3, 0.4) is 0 Å². The Morgan fingerprint density at radius 2 is 1.80 bits per heavy atom. The van der Waals surface area contributed by atoms with Gasteiger partial charge < -0.3 is 0 Å². The van der Waals surface area contributed by atoms with E-state index < -0.39 is 0 Å². The first-order valence-electron chi connectivity index (χ1n) is 2.76. The highest BCUT2D eigenvalue weighted by atomic mass is 79.9. The van der Waals surface area contributed by atoms with Crippen LogP contribution in [0.4, 0.5) is 0 Å². The van der Waals surface area contributed by atoms with Crippen molar-refractivity contribution in [2.45, 2.75) is 3.74 Å². The van der Waals surface area contributed by atoms with Crippen molar-refractivity contribution in [3.05, 3.63) is 29.8 Å². The van der Waals surface area contributed by atoms with Crippen molar-refractivity contribution in [3.8, 4) is 5.75 Å². The minimum atomic E-state index is -0.0336. The molecule has 0 heterocycles. The van der Waals surface area contributed by atoms with Gasteiger partial charge in [-0.1, -0.05) is 50.1 Å². The Balaban J connectivity index is 3.03. The normalized spacial score (nSPS) is 10.3. The number of hydrogen-bond donors (Lipinski definition) is 0. The van der Waals surface area contributed by atoms with Gasteiger partial charge in [0.25, 0.3) is 0 Å². The number of para-hydroxylation sites is 1. The summed E-state index contributed by atoms with van der Waals surface area (Å²) in [6, 6.07) is 6.90. The summed E-state index contributed by atoms with van der Waals surface area (Å²) < 4.78 is -0.0336. The highest BCUT2D eigenvalue weighted by Crippen LogP contribution is 2.34. The van der Waals surface area contributed by atoms with Crippen molar-refractivity contribution >= 4 is 31.9 Å². The number of alkyl halides is 2. The molecule has 10 heavy (non-hydrogen) atoms. The maximum Gasteiger partial charge on any atom is 0.183 e. The van der Waals surface area contributed by atoms with Gasteiger partial charge in [-0.25, -0.2) is 0 Å². The molecule has 0 amide bonds. The molecule has 1 aromatic carbocycles. The van der Waals surface area contributed by atoms with Gasteiger partial charge in [-0.15, -0.1) is 0 Å². The second kappa shape index (κ2) is 3.39. The molecule has 0 bridgehead atoms. The number of hydrogen-bond acceptors (Lipinski definition) is 0. The van der Waals surface area contributed by atoms with Crippen LogP contribution >= 0.6 is 31.9 Å². The molecule has 0 unspecified atom stereocenters. The molecular weight excluding hydrogens is 260 g/mol. The molecule has 0 atom stereocenters. The topological polar surface area (TPSA) is 19.9 Å². The fourth-order valence-corrected chi connectivity index (χ4v) is 1.42. The van der Waals surface area contributed by atoms with Gasteiger partial charge in [0.15, 0.2) is 5.75 Å². The van der Waals surface area contributed by atoms with Gasteiger partial charge in [0, 0.05) is 5.56 Å². The third kappa shape index (κ3) is 1.73. The maximum absolute atomic E-state index is 11.0. The summed E-state index contributed by atoms with van der Waals surface area (Å²) in [5, 5.41) is 11.0. The molecule has 0 aliphatic heterocycles. The molecule has 53 valence electrons. The van der Waals surface area contributed by atoms with E-state index in [1.54, 1.807) is 18.2 Å². The van der Waals surface area contributed by atoms with Gasteiger partial charge in [0.2, 0.25) is 0 Å². The molecule has 1 radical (unpaired) electrons. The molecule has 1 aromatic rings. The molecule has 0 saturated heterocycles. The van der Waals surface area contributed by atoms with Crippen molar-refractivity contribution in [2.24, 2.45) is 0 Å². The number of benzene rings is 1. The molecule has 0 saturated carbocycles. The molecule has 0 aliphatic rings. The molecule has 3 heteroatoms. The molecule has 1 nitrogen and oxygen atoms in total. The zero-order valence-corrected chi connectivity index (χ0v) is 8.22. The van der Waals surface area contributed by atoms with Crippen LogP contribution in [-0.4, -0.2) is 0 Å². The Morgan fingerprint density at radius 3 is 2.20 bits per heavy atom. The van der Waals surface area contributed by atoms with Gasteiger partial charge in [0.1, 0.15) is 0 Å². The maximum atomic E-state index is 11.0. The van der Waals surface area contributed by atoms with E-state index in [4.69, 9.17) is 0 Å². The lowest BCUT2D eigenvalue weighted by Crippen LogP contribution is -1.78. The molecule has 0 aliphatic carbocycles. The standard InChI is InChI=1S/C7H5Br2O/c8-7(9)5-3-1-2-4-6(5)10/h1-4,7H. The monoisotopic (exact) mass is 263 g/mol. The Kier molecular flexibility index (Phi) is 2.74. The highest BCUT2D eigenvalue weighted by Gasteiger charge is 2.07. The number of rotatable bonds is 1. The summed E-state index contributed by atoms with van der Waals surface area (Å²) in [7, 11) is 0. The molecule has 0 aromatic heterocycles. The van der Waals surface area contributed by atoms with Crippen molar-refractivity contribution in [3.63, 3.8) is 0 Å². The summed E-state index contributed by atoms with van der Waals surface area (Å²) in [4.78, 5) is 0. The zero-order chi connectivity index (χ0) is 7.56. The second-order valence-corrected chi connectivity index (χ2v) is 4.90. The van der Waals surface area contributed by atoms with E-state index in [-0.39, 0.29) is 9.49 Å². The SMILES string of the molecule is [O]c1ccccc1C(Br)Br. The van der Waals surface area contributed by atoms with E-state index in [2.05, 4.69) is 31.9 Å². The predicted molar refractivity (Wildman–Crippen MR) is 47.2 cm³/mol. The van der Waals surface area contributed by atoms with E-state index in [1.165, 1.54) is 0 Å². The van der Waals surface area contributed by atoms with Crippen LogP contribution in [0.1, 0.15) is 9.30 Å². The van der Waals surface area contributed by atoms with Crippen LogP contribution in [0, 0.1) is 0 Å². The predicted octanol–water partition coefficient (Wildman–Crippen LogP) is 3.62. The first kappa shape index (κ1) is 8.08. The third-order valence-electron chi connectivity index (χ3n) is 1.15. The van der Waals surface area contributed by atoms with Crippen LogP contribution in [0.5, 0.6) is 5.75 Å². The summed E-state index contributed by atoms with van der Waals surface area (Å²) >= 11 is 6.50. The Hall–Kier alpha value is -0.0200. The lowest BCUT2D eigenvalue weighted by molar-refractivity contribution is 0.351. The smallest absolute Gasteiger partial charge is 0.183 e. The Labute approximate surface area is 76.3 Å². The quantitative estimate of drug-likeness (QED) is 0.691. The van der Waals surface area contributed by atoms with Crippen molar-refractivity contribution in [2.75, 3.05) is 0 Å². The lowest BCUT2D eigenvalue weighted by atomic mass is 10.2. The summed E-state index contributed by atoms with van der Waals surface area (Å²) in [6.07, 6.45) is 0. The highest BCUT2D eigenvalue weighted by molar-refractivity contribution is 9.24. The largest absolute Gasteiger partial charge is 0.290 e. The Morgan fingerprint density at radius 1 is 1.20 bits per heavy atom. The van der Waals surface area contributed by atoms with Crippen LogP contribution in [0.2, 0.25) is 0 Å². The summed E-state index contributed by atoms with van der Waals surface area (Å²) in [6.45, 7) is 0. The average molecular weight is 265 g/mol. The minimum absolute atomic E-state index is 0.0336. The van der Waals surface area contributed by atoms with E-state index in [0.717, 1.165) is 5.56 Å². The molecule has 0 spiro atoms. The van der Waals surface area contributed by atoms with Gasteiger partial charge in [0.05, 0.1) is 3.74 Å². The summed E-state index contributed by atoms with van der Waals surface area (Å²) in [5.41, 5.74) is 0.738. The van der Waals surface area contributed by atoms with Crippen molar-refractivity contribution < 1.29 is 5.11 Å². The van der Waals surface area contributed by atoms with Gasteiger partial charge >= 0.3 is 0 Å². The van der Waals surface area contributed by atoms with Crippen molar-refractivity contribution in [1.29, 1.82) is 0 Å². The first-order chi connectivity index (χ1) is 4.72. The second-order valence-electron chi connectivity index (χ2n) is 1.84. The van der Waals surface area contributed by atoms with Gasteiger partial charge in [-0.2, -0.15) is 0 Å². The van der Waals surface area contributed by atoms with E-state index in [0.29, 0.717) is 0 Å². The molecular formula is C7H5Br2O. The zero-order valence-electron chi connectivity index (χ0n) is 5.05. The van der Waals surface area contributed by atoms with E-state index >= 15 is 0 Å². The van der Waals surface area contributed by atoms with Gasteiger partial charge in [-0.3, -0.25) is 5.11 Å². The summed E-state index contributed by atoms with van der Waals surface area (Å²) in [5.74, 6) is 0.0567. The van der Waals surface area contributed by atoms with Crippen molar-refractivity contribution in [1.82, 2.24) is 0 Å². The molecule has 1 rings (SSSR count). The van der Waals surface area contributed by atoms with Crippen LogP contribution in [-0.2, 0) is 5.11 Å². The first-order valence-corrected chi connectivity index (χ1v) is 4.59. The Bertz CT molecular complexity index is 223. The lowest BCUT2D eigenvalue weighted by Gasteiger charge is -2.00. The molecule has 0 fully saturated rings. The van der Waals surface area contributed by atoms with E-state index in [9.17, 15) is 5.11 Å².